The molecule has 3 heteroatoms. The van der Waals surface area contributed by atoms with E-state index in [0.717, 1.165) is 12.8 Å². The van der Waals surface area contributed by atoms with Gasteiger partial charge in [-0.05, 0) is 25.7 Å². The lowest BCUT2D eigenvalue weighted by Gasteiger charge is -2.08. The summed E-state index contributed by atoms with van der Waals surface area (Å²) in [5.74, 6) is 0. The van der Waals surface area contributed by atoms with Crippen molar-refractivity contribution in [2.45, 2.75) is 83.3 Å². The summed E-state index contributed by atoms with van der Waals surface area (Å²) in [6.07, 6.45) is 20.2. The quantitative estimate of drug-likeness (QED) is 0.341. The molecule has 0 aliphatic carbocycles. The van der Waals surface area contributed by atoms with Crippen LogP contribution in [0.2, 0.25) is 0 Å². The molecule has 0 spiro atoms. The second-order valence-corrected chi connectivity index (χ2v) is 5.82. The Labute approximate surface area is 130 Å². The summed E-state index contributed by atoms with van der Waals surface area (Å²) < 4.78 is 0. The molecule has 0 saturated heterocycles. The number of unbranched alkanes of at least 4 members (excludes halogenated alkanes) is 8. The molecule has 5 N–H and O–H groups in total. The van der Waals surface area contributed by atoms with Crippen LogP contribution in [-0.2, 0) is 0 Å². The van der Waals surface area contributed by atoms with E-state index in [2.05, 4.69) is 24.8 Å². The van der Waals surface area contributed by atoms with E-state index in [4.69, 9.17) is 5.11 Å². The van der Waals surface area contributed by atoms with Crippen LogP contribution in [0.5, 0.6) is 0 Å². The first-order valence-corrected chi connectivity index (χ1v) is 8.66. The van der Waals surface area contributed by atoms with E-state index in [1.54, 1.807) is 6.08 Å². The third kappa shape index (κ3) is 14.1. The monoisotopic (exact) mass is 298 g/mol. The Morgan fingerprint density at radius 3 is 2.10 bits per heavy atom. The van der Waals surface area contributed by atoms with Crippen LogP contribution in [0.15, 0.2) is 24.3 Å². The van der Waals surface area contributed by atoms with Gasteiger partial charge in [0.1, 0.15) is 12.1 Å². The summed E-state index contributed by atoms with van der Waals surface area (Å²) >= 11 is 0. The number of allylic oxidation sites excluding steroid dienone is 3. The van der Waals surface area contributed by atoms with Crippen LogP contribution in [0.25, 0.3) is 0 Å². The van der Waals surface area contributed by atoms with E-state index in [9.17, 15) is 5.11 Å². The first-order chi connectivity index (χ1) is 10.2. The first kappa shape index (κ1) is 20.4. The largest absolute Gasteiger partial charge is 0.390 e. The average molecular weight is 298 g/mol. The Hall–Kier alpha value is -0.640. The van der Waals surface area contributed by atoms with Gasteiger partial charge < -0.3 is 15.9 Å². The molecule has 0 radical (unpaired) electrons. The molecule has 0 aromatic rings. The van der Waals surface area contributed by atoms with Crippen molar-refractivity contribution in [1.29, 1.82) is 0 Å². The summed E-state index contributed by atoms with van der Waals surface area (Å²) in [5, 5.41) is 18.4. The summed E-state index contributed by atoms with van der Waals surface area (Å²) in [6, 6.07) is -0.325. The zero-order valence-corrected chi connectivity index (χ0v) is 13.8. The van der Waals surface area contributed by atoms with Gasteiger partial charge in [-0.3, -0.25) is 0 Å². The molecule has 2 atom stereocenters. The lowest BCUT2D eigenvalue weighted by atomic mass is 10.1. The number of hydrogen-bond acceptors (Lipinski definition) is 2. The highest BCUT2D eigenvalue weighted by molar-refractivity contribution is 4.93. The third-order valence-corrected chi connectivity index (χ3v) is 3.69. The van der Waals surface area contributed by atoms with Crippen LogP contribution in [0.1, 0.15) is 71.1 Å². The van der Waals surface area contributed by atoms with Crippen LogP contribution < -0.4 is 5.73 Å². The second kappa shape index (κ2) is 15.7. The molecule has 0 bridgehead atoms. The number of quaternary nitrogens is 1. The Bertz CT molecular complexity index is 264. The zero-order chi connectivity index (χ0) is 15.8. The molecule has 0 fully saturated rings. The normalized spacial score (nSPS) is 15.0. The van der Waals surface area contributed by atoms with E-state index in [-0.39, 0.29) is 12.6 Å². The Kier molecular flexibility index (Phi) is 15.3. The average Bonchev–Trinajstić information content (AvgIpc) is 2.50. The van der Waals surface area contributed by atoms with Gasteiger partial charge in [-0.1, -0.05) is 69.8 Å². The Morgan fingerprint density at radius 2 is 1.43 bits per heavy atom. The molecule has 0 aliphatic heterocycles. The molecule has 124 valence electrons. The minimum atomic E-state index is -0.633. The van der Waals surface area contributed by atoms with Gasteiger partial charge in [-0.15, -0.1) is 0 Å². The fourth-order valence-electron chi connectivity index (χ4n) is 2.15. The molecule has 0 heterocycles. The summed E-state index contributed by atoms with van der Waals surface area (Å²) in [6.45, 7) is 2.18. The highest BCUT2D eigenvalue weighted by atomic mass is 16.3. The maximum atomic E-state index is 9.57. The van der Waals surface area contributed by atoms with Crippen LogP contribution in [0.3, 0.4) is 0 Å². The molecule has 0 aliphatic rings. The number of hydrogen-bond donors (Lipinski definition) is 3. The predicted molar refractivity (Wildman–Crippen MR) is 89.9 cm³/mol. The van der Waals surface area contributed by atoms with Gasteiger partial charge in [0.05, 0.1) is 6.61 Å². The zero-order valence-electron chi connectivity index (χ0n) is 13.8. The molecule has 0 unspecified atom stereocenters. The topological polar surface area (TPSA) is 68.1 Å². The van der Waals surface area contributed by atoms with Crippen molar-refractivity contribution in [3.05, 3.63) is 24.3 Å². The highest BCUT2D eigenvalue weighted by Crippen LogP contribution is 2.08. The fraction of sp³-hybridized carbons (Fsp3) is 0.778. The van der Waals surface area contributed by atoms with Crippen LogP contribution in [0.4, 0.5) is 0 Å². The van der Waals surface area contributed by atoms with Crippen molar-refractivity contribution in [3.63, 3.8) is 0 Å². The van der Waals surface area contributed by atoms with Crippen molar-refractivity contribution in [3.8, 4) is 0 Å². The first-order valence-electron chi connectivity index (χ1n) is 8.66. The van der Waals surface area contributed by atoms with E-state index in [1.807, 2.05) is 6.08 Å². The van der Waals surface area contributed by atoms with E-state index in [0.29, 0.717) is 0 Å². The summed E-state index contributed by atoms with van der Waals surface area (Å²) in [7, 11) is 0. The molecule has 21 heavy (non-hydrogen) atoms. The van der Waals surface area contributed by atoms with Gasteiger partial charge in [0.25, 0.3) is 0 Å². The smallest absolute Gasteiger partial charge is 0.138 e. The van der Waals surface area contributed by atoms with E-state index in [1.165, 1.54) is 51.4 Å². The van der Waals surface area contributed by atoms with Crippen molar-refractivity contribution in [2.75, 3.05) is 6.61 Å². The summed E-state index contributed by atoms with van der Waals surface area (Å²) in [5.41, 5.74) is 3.67. The van der Waals surface area contributed by atoms with Gasteiger partial charge in [-0.25, -0.2) is 0 Å². The van der Waals surface area contributed by atoms with Crippen molar-refractivity contribution in [2.24, 2.45) is 0 Å². The maximum Gasteiger partial charge on any atom is 0.138 e. The predicted octanol–water partition coefficient (Wildman–Crippen LogP) is 2.98. The Balaban J connectivity index is 3.35. The van der Waals surface area contributed by atoms with Crippen LogP contribution in [-0.4, -0.2) is 29.0 Å². The van der Waals surface area contributed by atoms with Gasteiger partial charge in [-0.2, -0.15) is 0 Å². The minimum Gasteiger partial charge on any atom is -0.390 e. The third-order valence-electron chi connectivity index (χ3n) is 3.69. The number of aliphatic hydroxyl groups is 2. The molecule has 0 aromatic carbocycles. The van der Waals surface area contributed by atoms with Crippen LogP contribution in [0, 0.1) is 0 Å². The van der Waals surface area contributed by atoms with Gasteiger partial charge in [0.15, 0.2) is 0 Å². The molecule has 0 aromatic heterocycles. The standard InChI is InChI=1S/C18H35NO2/c1-2-3-4-5-6-7-8-9-10-11-12-13-14-15-18(21)17(19)16-20/h10-11,14-15,17-18,20-21H,2-9,12-13,16,19H2,1H3/p+1/b11-10?,15-14+/t17-,18+/m0/s1. The molecule has 0 saturated carbocycles. The number of aliphatic hydroxyl groups excluding tert-OH is 2. The SMILES string of the molecule is CCCCCCCCCC=CCC/C=C/[C@@H](O)[C@@H]([NH3+])CO. The lowest BCUT2D eigenvalue weighted by molar-refractivity contribution is -0.438. The van der Waals surface area contributed by atoms with Gasteiger partial charge >= 0.3 is 0 Å². The highest BCUT2D eigenvalue weighted by Gasteiger charge is 2.12. The van der Waals surface area contributed by atoms with Crippen molar-refractivity contribution in [1.82, 2.24) is 0 Å². The second-order valence-electron chi connectivity index (χ2n) is 5.82. The minimum absolute atomic E-state index is 0.0795. The van der Waals surface area contributed by atoms with Crippen molar-refractivity contribution < 1.29 is 15.9 Å². The molecular formula is C18H36NO2+. The van der Waals surface area contributed by atoms with E-state index < -0.39 is 6.10 Å². The van der Waals surface area contributed by atoms with Gasteiger partial charge in [0, 0.05) is 0 Å². The van der Waals surface area contributed by atoms with Gasteiger partial charge in [0.2, 0.25) is 0 Å². The fourth-order valence-corrected chi connectivity index (χ4v) is 2.15. The number of rotatable bonds is 14. The molecule has 0 rings (SSSR count). The summed E-state index contributed by atoms with van der Waals surface area (Å²) in [4.78, 5) is 0. The van der Waals surface area contributed by atoms with Crippen LogP contribution >= 0.6 is 0 Å². The van der Waals surface area contributed by atoms with Crippen molar-refractivity contribution >= 4 is 0 Å². The molecule has 3 nitrogen and oxygen atoms in total. The molecular weight excluding hydrogens is 262 g/mol. The lowest BCUT2D eigenvalue weighted by Crippen LogP contribution is -2.67. The maximum absolute atomic E-state index is 9.57. The van der Waals surface area contributed by atoms with E-state index >= 15 is 0 Å². The Morgan fingerprint density at radius 1 is 0.857 bits per heavy atom. The molecule has 0 amide bonds.